The lowest BCUT2D eigenvalue weighted by Gasteiger charge is -2.43. The molecule has 6 heteroatoms. The number of hydrogen-bond donors (Lipinski definition) is 2. The summed E-state index contributed by atoms with van der Waals surface area (Å²) in [7, 11) is 0. The summed E-state index contributed by atoms with van der Waals surface area (Å²) in [6, 6.07) is 5.70. The predicted octanol–water partition coefficient (Wildman–Crippen LogP) is 2.17. The van der Waals surface area contributed by atoms with E-state index in [1.54, 1.807) is 6.07 Å². The zero-order chi connectivity index (χ0) is 18.1. The molecule has 4 fully saturated rings. The fourth-order valence-electron chi connectivity index (χ4n) is 4.43. The number of nitrogens with zero attached hydrogens (tertiary/aromatic N) is 1. The van der Waals surface area contributed by atoms with Gasteiger partial charge in [0.15, 0.2) is 0 Å². The smallest absolute Gasteiger partial charge is 0.357 e. The van der Waals surface area contributed by atoms with Gasteiger partial charge < -0.3 is 15.2 Å². The summed E-state index contributed by atoms with van der Waals surface area (Å²) in [5.41, 5.74) is 8.00. The molecule has 140 valence electrons. The van der Waals surface area contributed by atoms with Crippen LogP contribution in [0.2, 0.25) is 0 Å². The Labute approximate surface area is 154 Å². The van der Waals surface area contributed by atoms with E-state index in [1.165, 1.54) is 0 Å². The lowest BCUT2D eigenvalue weighted by atomic mass is 9.86. The first kappa shape index (κ1) is 17.5. The van der Waals surface area contributed by atoms with Crippen LogP contribution in [0.3, 0.4) is 0 Å². The summed E-state index contributed by atoms with van der Waals surface area (Å²) in [5.74, 6) is 0.274. The molecule has 4 aliphatic heterocycles. The summed E-state index contributed by atoms with van der Waals surface area (Å²) < 4.78 is 11.1. The van der Waals surface area contributed by atoms with Gasteiger partial charge in [0.1, 0.15) is 11.8 Å². The number of ether oxygens (including phenoxy) is 2. The van der Waals surface area contributed by atoms with Crippen LogP contribution in [0.4, 0.5) is 5.69 Å². The van der Waals surface area contributed by atoms with Gasteiger partial charge in [-0.3, -0.25) is 10.3 Å². The van der Waals surface area contributed by atoms with Crippen molar-refractivity contribution in [2.24, 2.45) is 5.92 Å². The van der Waals surface area contributed by atoms with Crippen LogP contribution >= 0.6 is 0 Å². The molecule has 0 amide bonds. The van der Waals surface area contributed by atoms with Crippen molar-refractivity contribution >= 4 is 17.4 Å². The molecule has 0 saturated carbocycles. The number of anilines is 1. The van der Waals surface area contributed by atoms with Crippen LogP contribution in [0.1, 0.15) is 42.7 Å². The Morgan fingerprint density at radius 2 is 1.92 bits per heavy atom. The van der Waals surface area contributed by atoms with Crippen LogP contribution in [0.5, 0.6) is 0 Å². The Morgan fingerprint density at radius 1 is 1.19 bits per heavy atom. The maximum absolute atomic E-state index is 12.6. The van der Waals surface area contributed by atoms with E-state index < -0.39 is 5.97 Å². The minimum absolute atomic E-state index is 0.0924. The Hall–Kier alpha value is -1.92. The number of nitrogen functional groups attached to an aromatic ring is 1. The molecule has 0 unspecified atom stereocenters. The molecule has 4 heterocycles. The molecular weight excluding hydrogens is 330 g/mol. The summed E-state index contributed by atoms with van der Waals surface area (Å²) in [4.78, 5) is 14.9. The summed E-state index contributed by atoms with van der Waals surface area (Å²) in [5, 5.41) is 8.35. The number of carbonyl (C=O) groups excluding carboxylic acids is 1. The molecule has 4 aliphatic rings. The SMILES string of the molecule is N=C(C(=O)O[C@@H]1CN2CCC1CC2)c1cc(C2CCOCC2)ccc1N. The second-order valence-electron chi connectivity index (χ2n) is 7.69. The third-order valence-electron chi connectivity index (χ3n) is 6.10. The van der Waals surface area contributed by atoms with Gasteiger partial charge in [-0.25, -0.2) is 4.79 Å². The largest absolute Gasteiger partial charge is 0.456 e. The van der Waals surface area contributed by atoms with Crippen LogP contribution < -0.4 is 5.73 Å². The van der Waals surface area contributed by atoms with Crippen LogP contribution in [0.25, 0.3) is 0 Å². The first-order valence-electron chi connectivity index (χ1n) is 9.61. The van der Waals surface area contributed by atoms with Gasteiger partial charge in [-0.1, -0.05) is 6.07 Å². The molecule has 0 aromatic heterocycles. The normalized spacial score (nSPS) is 28.7. The minimum atomic E-state index is -0.556. The van der Waals surface area contributed by atoms with Crippen molar-refractivity contribution in [3.05, 3.63) is 29.3 Å². The fourth-order valence-corrected chi connectivity index (χ4v) is 4.43. The van der Waals surface area contributed by atoms with Gasteiger partial charge in [0.05, 0.1) is 0 Å². The highest BCUT2D eigenvalue weighted by Crippen LogP contribution is 2.31. The zero-order valence-electron chi connectivity index (χ0n) is 15.1. The van der Waals surface area contributed by atoms with Gasteiger partial charge in [-0.15, -0.1) is 0 Å². The number of piperidine rings is 3. The van der Waals surface area contributed by atoms with E-state index in [0.717, 1.165) is 64.1 Å². The minimum Gasteiger partial charge on any atom is -0.456 e. The summed E-state index contributed by atoms with van der Waals surface area (Å²) in [6.07, 6.45) is 3.98. The zero-order valence-corrected chi connectivity index (χ0v) is 15.1. The van der Waals surface area contributed by atoms with E-state index >= 15 is 0 Å². The van der Waals surface area contributed by atoms with Crippen molar-refractivity contribution in [3.8, 4) is 0 Å². The Morgan fingerprint density at radius 3 is 2.58 bits per heavy atom. The quantitative estimate of drug-likeness (QED) is 0.490. The lowest BCUT2D eigenvalue weighted by Crippen LogP contribution is -2.52. The monoisotopic (exact) mass is 357 g/mol. The van der Waals surface area contributed by atoms with E-state index in [1.807, 2.05) is 12.1 Å². The van der Waals surface area contributed by atoms with Crippen LogP contribution in [-0.4, -0.2) is 55.5 Å². The topological polar surface area (TPSA) is 88.6 Å². The Bertz CT molecular complexity index is 692. The van der Waals surface area contributed by atoms with E-state index in [-0.39, 0.29) is 11.8 Å². The van der Waals surface area contributed by atoms with Crippen LogP contribution in [-0.2, 0) is 14.3 Å². The van der Waals surface area contributed by atoms with Gasteiger partial charge in [0.25, 0.3) is 0 Å². The molecule has 0 aliphatic carbocycles. The molecule has 4 saturated heterocycles. The average molecular weight is 357 g/mol. The van der Waals surface area contributed by atoms with E-state index in [4.69, 9.17) is 20.6 Å². The van der Waals surface area contributed by atoms with E-state index in [2.05, 4.69) is 4.90 Å². The number of esters is 1. The van der Waals surface area contributed by atoms with E-state index in [9.17, 15) is 4.79 Å². The summed E-state index contributed by atoms with van der Waals surface area (Å²) in [6.45, 7) is 4.49. The maximum Gasteiger partial charge on any atom is 0.357 e. The molecule has 0 spiro atoms. The molecule has 5 rings (SSSR count). The number of benzene rings is 1. The first-order valence-corrected chi connectivity index (χ1v) is 9.61. The van der Waals surface area contributed by atoms with Gasteiger partial charge in [0.2, 0.25) is 0 Å². The molecule has 1 atom stereocenters. The van der Waals surface area contributed by atoms with Crippen molar-refractivity contribution < 1.29 is 14.3 Å². The molecule has 1 aromatic carbocycles. The number of carbonyl (C=O) groups is 1. The molecule has 2 bridgehead atoms. The number of nitrogens with one attached hydrogen (secondary N) is 1. The van der Waals surface area contributed by atoms with Crippen molar-refractivity contribution in [1.82, 2.24) is 4.90 Å². The van der Waals surface area contributed by atoms with Crippen molar-refractivity contribution in [2.75, 3.05) is 38.6 Å². The molecule has 1 aromatic rings. The van der Waals surface area contributed by atoms with Gasteiger partial charge in [0, 0.05) is 31.0 Å². The van der Waals surface area contributed by atoms with Crippen molar-refractivity contribution in [2.45, 2.75) is 37.7 Å². The number of nitrogens with two attached hydrogens (primary N) is 1. The Balaban J connectivity index is 1.47. The lowest BCUT2D eigenvalue weighted by molar-refractivity contribution is -0.150. The molecule has 26 heavy (non-hydrogen) atoms. The van der Waals surface area contributed by atoms with Crippen molar-refractivity contribution in [1.29, 1.82) is 5.41 Å². The van der Waals surface area contributed by atoms with Crippen LogP contribution in [0, 0.1) is 11.3 Å². The predicted molar refractivity (Wildman–Crippen MR) is 99.5 cm³/mol. The highest BCUT2D eigenvalue weighted by Gasteiger charge is 2.37. The first-order chi connectivity index (χ1) is 12.6. The number of fused-ring (bicyclic) bond motifs is 3. The van der Waals surface area contributed by atoms with Crippen molar-refractivity contribution in [3.63, 3.8) is 0 Å². The number of rotatable bonds is 4. The standard InChI is InChI=1S/C20H27N3O3/c21-17-2-1-15(13-5-9-25-10-6-13)11-16(17)19(22)20(24)26-18-12-23-7-3-14(18)4-8-23/h1-2,11,13-14,18,22H,3-10,12,21H2/t18-/m1/s1. The fraction of sp³-hybridized carbons (Fsp3) is 0.600. The van der Waals surface area contributed by atoms with Gasteiger partial charge in [-0.2, -0.15) is 0 Å². The van der Waals surface area contributed by atoms with Gasteiger partial charge >= 0.3 is 5.97 Å². The highest BCUT2D eigenvalue weighted by molar-refractivity contribution is 6.43. The maximum atomic E-state index is 12.6. The summed E-state index contributed by atoms with van der Waals surface area (Å²) >= 11 is 0. The van der Waals surface area contributed by atoms with E-state index in [0.29, 0.717) is 23.1 Å². The second kappa shape index (κ2) is 7.37. The average Bonchev–Trinajstić information content (AvgIpc) is 2.69. The van der Waals surface area contributed by atoms with Crippen LogP contribution in [0.15, 0.2) is 18.2 Å². The third-order valence-corrected chi connectivity index (χ3v) is 6.10. The number of hydrogen-bond acceptors (Lipinski definition) is 6. The molecule has 6 nitrogen and oxygen atoms in total. The molecule has 3 N–H and O–H groups in total. The van der Waals surface area contributed by atoms with Gasteiger partial charge in [-0.05, 0) is 68.3 Å². The highest BCUT2D eigenvalue weighted by atomic mass is 16.5. The molecular formula is C20H27N3O3. The third kappa shape index (κ3) is 3.48. The second-order valence-corrected chi connectivity index (χ2v) is 7.69. The Kier molecular flexibility index (Phi) is 4.96. The molecule has 0 radical (unpaired) electrons.